The van der Waals surface area contributed by atoms with Gasteiger partial charge in [-0.15, -0.1) is 0 Å². The van der Waals surface area contributed by atoms with Crippen LogP contribution in [0.3, 0.4) is 0 Å². The summed E-state index contributed by atoms with van der Waals surface area (Å²) in [6.07, 6.45) is 0.313. The summed E-state index contributed by atoms with van der Waals surface area (Å²) < 4.78 is 51.4. The first kappa shape index (κ1) is 35.0. The summed E-state index contributed by atoms with van der Waals surface area (Å²) in [6, 6.07) is 17.2. The van der Waals surface area contributed by atoms with Crippen LogP contribution in [0.2, 0.25) is 0 Å². The Kier molecular flexibility index (Phi) is 12.5. The van der Waals surface area contributed by atoms with Crippen LogP contribution >= 0.6 is 0 Å². The maximum absolute atomic E-state index is 14.4. The Labute approximate surface area is 266 Å². The number of nitrogens with one attached hydrogen (secondary N) is 1. The number of hydrogen-bond donors (Lipinski definition) is 1. The Morgan fingerprint density at radius 2 is 1.47 bits per heavy atom. The molecule has 0 saturated carbocycles. The number of nitrogens with zero attached hydrogens (tertiary/aromatic N) is 2. The summed E-state index contributed by atoms with van der Waals surface area (Å²) in [7, 11) is 1.27. The number of carbonyl (C=O) groups is 2. The number of methoxy groups -OCH3 is 4. The molecule has 1 N–H and O–H groups in total. The Hall–Kier alpha value is -4.45. The van der Waals surface area contributed by atoms with Crippen molar-refractivity contribution in [1.29, 1.82) is 0 Å². The van der Waals surface area contributed by atoms with Gasteiger partial charge in [0.1, 0.15) is 24.1 Å². The van der Waals surface area contributed by atoms with Gasteiger partial charge in [0.15, 0.2) is 11.5 Å². The van der Waals surface area contributed by atoms with Gasteiger partial charge in [0, 0.05) is 25.2 Å². The monoisotopic (exact) mass is 641 g/mol. The average molecular weight is 642 g/mol. The second-order valence-corrected chi connectivity index (χ2v) is 12.5. The molecule has 1 atom stereocenters. The number of amides is 2. The van der Waals surface area contributed by atoms with E-state index in [1.54, 1.807) is 12.1 Å². The summed E-state index contributed by atoms with van der Waals surface area (Å²) in [4.78, 5) is 29.0. The zero-order chi connectivity index (χ0) is 33.1. The molecule has 0 heterocycles. The van der Waals surface area contributed by atoms with Crippen molar-refractivity contribution in [2.24, 2.45) is 5.92 Å². The molecule has 3 rings (SSSR count). The summed E-state index contributed by atoms with van der Waals surface area (Å²) in [5.74, 6) is 0.386. The van der Waals surface area contributed by atoms with E-state index in [-0.39, 0.29) is 40.5 Å². The third kappa shape index (κ3) is 8.59. The van der Waals surface area contributed by atoms with Crippen LogP contribution in [0.5, 0.6) is 23.0 Å². The number of benzene rings is 3. The molecule has 0 spiro atoms. The molecular weight excluding hydrogens is 598 g/mol. The Morgan fingerprint density at radius 3 is 2.04 bits per heavy atom. The minimum absolute atomic E-state index is 0.0805. The van der Waals surface area contributed by atoms with Crippen molar-refractivity contribution in [3.05, 3.63) is 72.3 Å². The fraction of sp³-hybridized carbons (Fsp3) is 0.394. The lowest BCUT2D eigenvalue weighted by molar-refractivity contribution is -0.140. The standard InChI is InChI=1S/C33H43N3O8S/c1-8-27(33(38)34-20-23(2)3)35(21-24-12-10-9-11-13-24)32(37)22-36(28-18-25(41-4)14-16-29(28)42-5)45(39,40)26-15-17-30(43-6)31(19-26)44-7/h9-19,23,27H,8,20-22H2,1-7H3,(H,34,38). The van der Waals surface area contributed by atoms with E-state index in [2.05, 4.69) is 5.32 Å². The molecule has 3 aromatic carbocycles. The number of rotatable bonds is 16. The Bertz CT molecular complexity index is 1550. The van der Waals surface area contributed by atoms with Crippen LogP contribution in [-0.2, 0) is 26.2 Å². The molecule has 0 fully saturated rings. The lowest BCUT2D eigenvalue weighted by Crippen LogP contribution is -2.52. The van der Waals surface area contributed by atoms with Crippen LogP contribution in [0.15, 0.2) is 71.6 Å². The molecule has 1 unspecified atom stereocenters. The first-order valence-electron chi connectivity index (χ1n) is 14.6. The molecule has 0 bridgehead atoms. The SMILES string of the molecule is CCC(C(=O)NCC(C)C)N(Cc1ccccc1)C(=O)CN(c1cc(OC)ccc1OC)S(=O)(=O)c1ccc(OC)c(OC)c1. The molecule has 0 aromatic heterocycles. The van der Waals surface area contributed by atoms with Crippen molar-refractivity contribution < 1.29 is 37.0 Å². The quantitative estimate of drug-likeness (QED) is 0.243. The van der Waals surface area contributed by atoms with Gasteiger partial charge in [0.2, 0.25) is 11.8 Å². The molecule has 3 aromatic rings. The summed E-state index contributed by atoms with van der Waals surface area (Å²) in [5, 5.41) is 2.93. The zero-order valence-electron chi connectivity index (χ0n) is 26.9. The smallest absolute Gasteiger partial charge is 0.265 e. The van der Waals surface area contributed by atoms with Crippen LogP contribution < -0.4 is 28.6 Å². The minimum atomic E-state index is -4.43. The van der Waals surface area contributed by atoms with Crippen molar-refractivity contribution >= 4 is 27.5 Å². The van der Waals surface area contributed by atoms with E-state index in [0.717, 1.165) is 9.87 Å². The number of carbonyl (C=O) groups excluding carboxylic acids is 2. The molecule has 12 heteroatoms. The van der Waals surface area contributed by atoms with Gasteiger partial charge in [-0.25, -0.2) is 8.42 Å². The van der Waals surface area contributed by atoms with Crippen molar-refractivity contribution in [3.63, 3.8) is 0 Å². The number of hydrogen-bond acceptors (Lipinski definition) is 8. The topological polar surface area (TPSA) is 124 Å². The van der Waals surface area contributed by atoms with E-state index in [4.69, 9.17) is 18.9 Å². The zero-order valence-corrected chi connectivity index (χ0v) is 27.7. The Balaban J connectivity index is 2.17. The van der Waals surface area contributed by atoms with Crippen LogP contribution in [0.25, 0.3) is 0 Å². The predicted molar refractivity (Wildman–Crippen MR) is 173 cm³/mol. The molecular formula is C33H43N3O8S. The average Bonchev–Trinajstić information content (AvgIpc) is 3.05. The first-order chi connectivity index (χ1) is 21.5. The highest BCUT2D eigenvalue weighted by atomic mass is 32.2. The largest absolute Gasteiger partial charge is 0.497 e. The number of sulfonamides is 1. The van der Waals surface area contributed by atoms with Crippen molar-refractivity contribution in [2.75, 3.05) is 45.8 Å². The van der Waals surface area contributed by atoms with Gasteiger partial charge in [-0.05, 0) is 42.2 Å². The predicted octanol–water partition coefficient (Wildman–Crippen LogP) is 4.50. The molecule has 11 nitrogen and oxygen atoms in total. The first-order valence-corrected chi connectivity index (χ1v) is 16.0. The van der Waals surface area contributed by atoms with Crippen LogP contribution in [0.4, 0.5) is 5.69 Å². The van der Waals surface area contributed by atoms with Gasteiger partial charge in [-0.1, -0.05) is 51.1 Å². The van der Waals surface area contributed by atoms with Gasteiger partial charge in [0.05, 0.1) is 39.0 Å². The van der Waals surface area contributed by atoms with Crippen LogP contribution in [0.1, 0.15) is 32.8 Å². The molecule has 45 heavy (non-hydrogen) atoms. The van der Waals surface area contributed by atoms with E-state index < -0.39 is 28.5 Å². The molecule has 0 aliphatic rings. The molecule has 244 valence electrons. The van der Waals surface area contributed by atoms with Crippen molar-refractivity contribution in [1.82, 2.24) is 10.2 Å². The molecule has 0 aliphatic carbocycles. The van der Waals surface area contributed by atoms with Gasteiger partial charge in [-0.3, -0.25) is 13.9 Å². The minimum Gasteiger partial charge on any atom is -0.497 e. The lowest BCUT2D eigenvalue weighted by atomic mass is 10.1. The molecule has 0 radical (unpaired) electrons. The van der Waals surface area contributed by atoms with E-state index in [1.165, 1.54) is 57.6 Å². The maximum atomic E-state index is 14.4. The van der Waals surface area contributed by atoms with Gasteiger partial charge < -0.3 is 29.2 Å². The molecule has 2 amide bonds. The van der Waals surface area contributed by atoms with E-state index >= 15 is 0 Å². The molecule has 0 aliphatic heterocycles. The number of ether oxygens (including phenoxy) is 4. The fourth-order valence-corrected chi connectivity index (χ4v) is 6.16. The third-order valence-corrected chi connectivity index (χ3v) is 8.90. The van der Waals surface area contributed by atoms with Gasteiger partial charge in [0.25, 0.3) is 10.0 Å². The summed E-state index contributed by atoms with van der Waals surface area (Å²) in [6.45, 7) is 5.66. The van der Waals surface area contributed by atoms with Crippen LogP contribution in [-0.4, -0.2) is 72.7 Å². The van der Waals surface area contributed by atoms with E-state index in [1.807, 2.05) is 51.1 Å². The second kappa shape index (κ2) is 16.0. The van der Waals surface area contributed by atoms with Crippen LogP contribution in [0, 0.1) is 5.92 Å². The summed E-state index contributed by atoms with van der Waals surface area (Å²) in [5.41, 5.74) is 0.867. The normalized spacial score (nSPS) is 11.8. The Morgan fingerprint density at radius 1 is 0.822 bits per heavy atom. The van der Waals surface area contributed by atoms with Crippen molar-refractivity contribution in [2.45, 2.75) is 44.7 Å². The molecule has 0 saturated heterocycles. The van der Waals surface area contributed by atoms with Gasteiger partial charge >= 0.3 is 0 Å². The number of anilines is 1. The van der Waals surface area contributed by atoms with Gasteiger partial charge in [-0.2, -0.15) is 0 Å². The van der Waals surface area contributed by atoms with Crippen molar-refractivity contribution in [3.8, 4) is 23.0 Å². The summed E-state index contributed by atoms with van der Waals surface area (Å²) >= 11 is 0. The van der Waals surface area contributed by atoms with E-state index in [9.17, 15) is 18.0 Å². The van der Waals surface area contributed by atoms with E-state index in [0.29, 0.717) is 24.5 Å². The highest BCUT2D eigenvalue weighted by molar-refractivity contribution is 7.92. The lowest BCUT2D eigenvalue weighted by Gasteiger charge is -2.33. The highest BCUT2D eigenvalue weighted by Gasteiger charge is 2.35. The third-order valence-electron chi connectivity index (χ3n) is 7.14. The second-order valence-electron chi connectivity index (χ2n) is 10.6. The highest BCUT2D eigenvalue weighted by Crippen LogP contribution is 2.37. The fourth-order valence-electron chi connectivity index (χ4n) is 4.73. The maximum Gasteiger partial charge on any atom is 0.265 e.